The molecule has 2 fully saturated rings. The first kappa shape index (κ1) is 25.2. The van der Waals surface area contributed by atoms with Gasteiger partial charge in [-0.3, -0.25) is 0 Å². The SMILES string of the molecule is CC.Cc1cc(Nc2ncnc3ccc(N4CC5CCC(C4)N5)nc23)ccc1Cc1ccc2c(c1)ncn2C. The van der Waals surface area contributed by atoms with Crippen molar-refractivity contribution < 1.29 is 0 Å². The predicted octanol–water partition coefficient (Wildman–Crippen LogP) is 5.52. The van der Waals surface area contributed by atoms with Crippen LogP contribution in [-0.2, 0) is 13.5 Å². The number of hydrogen-bond donors (Lipinski definition) is 2. The Morgan fingerprint density at radius 1 is 0.923 bits per heavy atom. The molecule has 8 heteroatoms. The van der Waals surface area contributed by atoms with Gasteiger partial charge >= 0.3 is 0 Å². The molecule has 7 rings (SSSR count). The smallest absolute Gasteiger partial charge is 0.160 e. The lowest BCUT2D eigenvalue weighted by molar-refractivity contribution is 0.464. The first-order valence-electron chi connectivity index (χ1n) is 14.0. The summed E-state index contributed by atoms with van der Waals surface area (Å²) in [4.78, 5) is 20.9. The molecule has 3 aromatic heterocycles. The Labute approximate surface area is 229 Å². The number of aryl methyl sites for hydroxylation is 2. The van der Waals surface area contributed by atoms with Crippen LogP contribution in [0.25, 0.3) is 22.1 Å². The maximum absolute atomic E-state index is 5.02. The van der Waals surface area contributed by atoms with E-state index in [4.69, 9.17) is 4.98 Å². The molecule has 0 amide bonds. The molecule has 0 radical (unpaired) electrons. The number of aromatic nitrogens is 5. The van der Waals surface area contributed by atoms with Gasteiger partial charge in [-0.2, -0.15) is 0 Å². The summed E-state index contributed by atoms with van der Waals surface area (Å²) in [6.07, 6.45) is 6.83. The van der Waals surface area contributed by atoms with E-state index >= 15 is 0 Å². The van der Waals surface area contributed by atoms with Crippen LogP contribution in [0.2, 0.25) is 0 Å². The van der Waals surface area contributed by atoms with Crippen molar-refractivity contribution in [3.05, 3.63) is 77.9 Å². The molecular formula is C31H36N8. The van der Waals surface area contributed by atoms with E-state index in [9.17, 15) is 0 Å². The van der Waals surface area contributed by atoms with Crippen LogP contribution in [0.1, 0.15) is 43.4 Å². The number of nitrogens with one attached hydrogen (secondary N) is 2. The second kappa shape index (κ2) is 10.6. The number of anilines is 3. The number of piperazine rings is 1. The third-order valence-corrected chi connectivity index (χ3v) is 7.80. The Bertz CT molecular complexity index is 1610. The fraction of sp³-hybridized carbons (Fsp3) is 0.355. The molecule has 0 spiro atoms. The summed E-state index contributed by atoms with van der Waals surface area (Å²) in [5.74, 6) is 1.73. The van der Waals surface area contributed by atoms with Gasteiger partial charge in [0.2, 0.25) is 0 Å². The molecule has 0 aliphatic carbocycles. The van der Waals surface area contributed by atoms with Gasteiger partial charge in [-0.1, -0.05) is 26.0 Å². The van der Waals surface area contributed by atoms with Crippen molar-refractivity contribution in [1.29, 1.82) is 0 Å². The van der Waals surface area contributed by atoms with Gasteiger partial charge in [0.05, 0.1) is 22.9 Å². The highest BCUT2D eigenvalue weighted by Gasteiger charge is 2.32. The maximum Gasteiger partial charge on any atom is 0.160 e. The van der Waals surface area contributed by atoms with E-state index in [1.165, 1.54) is 29.5 Å². The standard InChI is InChI=1S/C29H30N8.C2H6/c1-18-11-21(5-4-20(18)12-19-3-9-26-25(13-19)32-17-36(26)2)34-29-28-24(30-16-31-29)8-10-27(35-28)37-14-22-6-7-23(15-37)33-22;1-2/h3-5,8-11,13,16-17,22-23,33H,6-7,12,14-15H2,1-2H3,(H,30,31,34);1-2H3. The molecular weight excluding hydrogens is 484 g/mol. The fourth-order valence-electron chi connectivity index (χ4n) is 5.80. The van der Waals surface area contributed by atoms with E-state index < -0.39 is 0 Å². The number of benzene rings is 2. The first-order chi connectivity index (χ1) is 19.1. The number of fused-ring (bicyclic) bond motifs is 4. The second-order valence-corrected chi connectivity index (χ2v) is 10.4. The van der Waals surface area contributed by atoms with Crippen LogP contribution >= 0.6 is 0 Å². The van der Waals surface area contributed by atoms with Gasteiger partial charge in [0.15, 0.2) is 5.82 Å². The zero-order chi connectivity index (χ0) is 26.9. The molecule has 8 nitrogen and oxygen atoms in total. The Morgan fingerprint density at radius 2 is 1.74 bits per heavy atom. The molecule has 2 saturated heterocycles. The third-order valence-electron chi connectivity index (χ3n) is 7.80. The largest absolute Gasteiger partial charge is 0.353 e. The van der Waals surface area contributed by atoms with Crippen LogP contribution in [-0.4, -0.2) is 49.7 Å². The van der Waals surface area contributed by atoms with E-state index in [1.54, 1.807) is 6.33 Å². The molecule has 200 valence electrons. The van der Waals surface area contributed by atoms with Gasteiger partial charge in [0, 0.05) is 37.9 Å². The van der Waals surface area contributed by atoms with Gasteiger partial charge in [-0.15, -0.1) is 0 Å². The van der Waals surface area contributed by atoms with Crippen molar-refractivity contribution >= 4 is 39.4 Å². The Morgan fingerprint density at radius 3 is 2.54 bits per heavy atom. The topological polar surface area (TPSA) is 83.8 Å². The van der Waals surface area contributed by atoms with Crippen LogP contribution in [0.3, 0.4) is 0 Å². The Kier molecular flexibility index (Phi) is 6.87. The molecule has 2 N–H and O–H groups in total. The average molecular weight is 521 g/mol. The monoisotopic (exact) mass is 520 g/mol. The van der Waals surface area contributed by atoms with E-state index in [0.717, 1.165) is 58.9 Å². The molecule has 2 aliphatic heterocycles. The zero-order valence-electron chi connectivity index (χ0n) is 23.1. The summed E-state index contributed by atoms with van der Waals surface area (Å²) in [5.41, 5.74) is 8.61. The van der Waals surface area contributed by atoms with Gasteiger partial charge in [0.25, 0.3) is 0 Å². The summed E-state index contributed by atoms with van der Waals surface area (Å²) < 4.78 is 2.05. The average Bonchev–Trinajstić information content (AvgIpc) is 3.51. The van der Waals surface area contributed by atoms with Gasteiger partial charge < -0.3 is 20.1 Å². The van der Waals surface area contributed by atoms with Crippen molar-refractivity contribution in [3.8, 4) is 0 Å². The van der Waals surface area contributed by atoms with Crippen LogP contribution in [0.5, 0.6) is 0 Å². The normalized spacial score (nSPS) is 18.3. The molecule has 5 aromatic rings. The summed E-state index contributed by atoms with van der Waals surface area (Å²) in [5, 5.41) is 7.20. The number of nitrogens with zero attached hydrogens (tertiary/aromatic N) is 6. The van der Waals surface area contributed by atoms with Gasteiger partial charge in [-0.25, -0.2) is 19.9 Å². The number of pyridine rings is 1. The molecule has 0 saturated carbocycles. The summed E-state index contributed by atoms with van der Waals surface area (Å²) in [6, 6.07) is 18.3. The highest BCUT2D eigenvalue weighted by molar-refractivity contribution is 5.88. The molecule has 2 aromatic carbocycles. The van der Waals surface area contributed by atoms with E-state index in [-0.39, 0.29) is 0 Å². The molecule has 2 atom stereocenters. The summed E-state index contributed by atoms with van der Waals surface area (Å²) >= 11 is 0. The van der Waals surface area contributed by atoms with Crippen LogP contribution in [0, 0.1) is 6.92 Å². The minimum Gasteiger partial charge on any atom is -0.353 e. The van der Waals surface area contributed by atoms with Crippen molar-refractivity contribution in [3.63, 3.8) is 0 Å². The summed E-state index contributed by atoms with van der Waals surface area (Å²) in [7, 11) is 2.02. The quantitative estimate of drug-likeness (QED) is 0.316. The summed E-state index contributed by atoms with van der Waals surface area (Å²) in [6.45, 7) is 8.16. The Hall–Kier alpha value is -4.04. The first-order valence-corrected chi connectivity index (χ1v) is 14.0. The zero-order valence-corrected chi connectivity index (χ0v) is 23.1. The third kappa shape index (κ3) is 5.04. The van der Waals surface area contributed by atoms with E-state index in [0.29, 0.717) is 12.1 Å². The maximum atomic E-state index is 5.02. The number of hydrogen-bond acceptors (Lipinski definition) is 7. The minimum absolute atomic E-state index is 0.563. The molecule has 5 heterocycles. The Balaban J connectivity index is 0.00000135. The molecule has 2 unspecified atom stereocenters. The highest BCUT2D eigenvalue weighted by Crippen LogP contribution is 2.29. The van der Waals surface area contributed by atoms with Crippen molar-refractivity contribution in [2.75, 3.05) is 23.3 Å². The van der Waals surface area contributed by atoms with Gasteiger partial charge in [-0.05, 0) is 79.3 Å². The van der Waals surface area contributed by atoms with Crippen LogP contribution < -0.4 is 15.5 Å². The van der Waals surface area contributed by atoms with E-state index in [2.05, 4.69) is 85.9 Å². The molecule has 2 aliphatic rings. The number of rotatable bonds is 5. The highest BCUT2D eigenvalue weighted by atomic mass is 15.3. The lowest BCUT2D eigenvalue weighted by atomic mass is 9.99. The second-order valence-electron chi connectivity index (χ2n) is 10.4. The van der Waals surface area contributed by atoms with Crippen LogP contribution in [0.4, 0.5) is 17.3 Å². The van der Waals surface area contributed by atoms with Gasteiger partial charge in [0.1, 0.15) is 17.7 Å². The molecule has 39 heavy (non-hydrogen) atoms. The molecule has 2 bridgehead atoms. The van der Waals surface area contributed by atoms with E-state index in [1.807, 2.05) is 31.8 Å². The lowest BCUT2D eigenvalue weighted by Gasteiger charge is -2.33. The predicted molar refractivity (Wildman–Crippen MR) is 159 cm³/mol. The minimum atomic E-state index is 0.563. The lowest BCUT2D eigenvalue weighted by Crippen LogP contribution is -2.51. The van der Waals surface area contributed by atoms with Crippen LogP contribution in [0.15, 0.2) is 61.2 Å². The van der Waals surface area contributed by atoms with Crippen molar-refractivity contribution in [2.45, 2.75) is 52.1 Å². The number of imidazole rings is 1. The van der Waals surface area contributed by atoms with Crippen molar-refractivity contribution in [1.82, 2.24) is 29.8 Å². The van der Waals surface area contributed by atoms with Crippen molar-refractivity contribution in [2.24, 2.45) is 7.05 Å². The fourth-order valence-corrected chi connectivity index (χ4v) is 5.80.